The third-order valence-electron chi connectivity index (χ3n) is 10.5. The topological polar surface area (TPSA) is 56.7 Å². The third-order valence-corrected chi connectivity index (χ3v) is 12.5. The molecule has 0 fully saturated rings. The number of fused-ring (bicyclic) bond motifs is 4. The maximum absolute atomic E-state index is 8.47. The number of nitrogens with zero attached hydrogens (tertiary/aromatic N) is 4. The molecule has 0 N–H and O–H groups in total. The number of rotatable bonds is 6. The molecule has 0 saturated carbocycles. The third kappa shape index (κ3) is 8.51. The van der Waals surface area contributed by atoms with E-state index >= 15 is 0 Å². The van der Waals surface area contributed by atoms with E-state index in [0.29, 0.717) is 22.6 Å². The zero-order chi connectivity index (χ0) is 44.2. The van der Waals surface area contributed by atoms with Crippen LogP contribution in [-0.4, -0.2) is 27.6 Å². The summed E-state index contributed by atoms with van der Waals surface area (Å²) in [5.41, 5.74) is 11.1. The Morgan fingerprint density at radius 3 is 2.27 bits per heavy atom. The fourth-order valence-electron chi connectivity index (χ4n) is 7.13. The summed E-state index contributed by atoms with van der Waals surface area (Å²) in [6.45, 7) is 15.2. The number of benzene rings is 5. The quantitative estimate of drug-likeness (QED) is 0.123. The van der Waals surface area contributed by atoms with E-state index in [9.17, 15) is 0 Å². The van der Waals surface area contributed by atoms with Crippen LogP contribution in [0, 0.1) is 19.0 Å². The van der Waals surface area contributed by atoms with Gasteiger partial charge in [-0.2, -0.15) is 0 Å². The first-order chi connectivity index (χ1) is 29.3. The number of para-hydroxylation sites is 2. The molecule has 4 heterocycles. The van der Waals surface area contributed by atoms with Crippen molar-refractivity contribution in [1.29, 1.82) is 0 Å². The van der Waals surface area contributed by atoms with Crippen LogP contribution >= 0.6 is 0 Å². The molecular weight excluding hydrogens is 917 g/mol. The molecule has 0 saturated heterocycles. The molecule has 0 aliphatic carbocycles. The van der Waals surface area contributed by atoms with Gasteiger partial charge in [0.15, 0.2) is 0 Å². The molecule has 5 aromatic carbocycles. The van der Waals surface area contributed by atoms with Crippen molar-refractivity contribution in [3.8, 4) is 39.5 Å². The number of aryl methyl sites for hydroxylation is 1. The normalized spacial score (nSPS) is 13.2. The van der Waals surface area contributed by atoms with Crippen molar-refractivity contribution in [3.63, 3.8) is 0 Å². The van der Waals surface area contributed by atoms with Crippen LogP contribution in [0.15, 0.2) is 138 Å². The summed E-state index contributed by atoms with van der Waals surface area (Å²) in [6.07, 6.45) is 1.92. The average molecular weight is 971 g/mol. The zero-order valence-electron chi connectivity index (χ0n) is 38.7. The standard InChI is InChI=1S/C37H32N3O.C15H18NSi.Ir/c1-23(2)30-20-19-27-26-14-11-15-28(34(26)41-36(27)39-30)35-38-31-16-9-10-17-33(31)40(35)32-21-18-25(37(3,4)5)22-29(32)24-12-7-6-8-13-24;1-12-5-7-13(8-6-12)15-10-9-14(11-16-15)17(2,3)4;/h6-14,16-23H,1-5H3;5-7,9-11H,1-4H3;/q2*-1;/i23D;1D3;. The number of hydrogen-bond acceptors (Lipinski definition) is 4. The Morgan fingerprint density at radius 2 is 1.59 bits per heavy atom. The molecular formula is C52H50IrN4OSi-2. The van der Waals surface area contributed by atoms with E-state index in [-0.39, 0.29) is 25.5 Å². The summed E-state index contributed by atoms with van der Waals surface area (Å²) in [5.74, 6) is -0.0778. The molecule has 9 aromatic rings. The first kappa shape index (κ1) is 36.6. The van der Waals surface area contributed by atoms with Gasteiger partial charge in [0, 0.05) is 54.1 Å². The van der Waals surface area contributed by atoms with Gasteiger partial charge in [-0.15, -0.1) is 53.6 Å². The fraction of sp³-hybridized carbons (Fsp3) is 0.212. The molecule has 0 aliphatic heterocycles. The molecule has 299 valence electrons. The van der Waals surface area contributed by atoms with E-state index in [4.69, 9.17) is 19.9 Å². The molecule has 5 nitrogen and oxygen atoms in total. The molecule has 7 heteroatoms. The summed E-state index contributed by atoms with van der Waals surface area (Å²) < 4.78 is 39.2. The van der Waals surface area contributed by atoms with Gasteiger partial charge in [-0.25, -0.2) is 4.98 Å². The van der Waals surface area contributed by atoms with Crippen LogP contribution in [-0.2, 0) is 25.5 Å². The fourth-order valence-corrected chi connectivity index (χ4v) is 8.17. The monoisotopic (exact) mass is 971 g/mol. The van der Waals surface area contributed by atoms with Gasteiger partial charge in [0.1, 0.15) is 0 Å². The van der Waals surface area contributed by atoms with Crippen LogP contribution in [0.5, 0.6) is 0 Å². The van der Waals surface area contributed by atoms with Gasteiger partial charge >= 0.3 is 0 Å². The second-order valence-electron chi connectivity index (χ2n) is 17.0. The van der Waals surface area contributed by atoms with Gasteiger partial charge in [0.05, 0.1) is 30.5 Å². The second-order valence-corrected chi connectivity index (χ2v) is 22.1. The second kappa shape index (κ2) is 16.7. The predicted octanol–water partition coefficient (Wildman–Crippen LogP) is 13.3. The molecule has 0 amide bonds. The van der Waals surface area contributed by atoms with Crippen molar-refractivity contribution in [2.75, 3.05) is 0 Å². The van der Waals surface area contributed by atoms with Gasteiger partial charge in [0.25, 0.3) is 0 Å². The van der Waals surface area contributed by atoms with Gasteiger partial charge < -0.3 is 14.0 Å². The van der Waals surface area contributed by atoms with E-state index in [0.717, 1.165) is 61.3 Å². The van der Waals surface area contributed by atoms with E-state index < -0.39 is 20.8 Å². The van der Waals surface area contributed by atoms with E-state index in [1.807, 2.05) is 68.6 Å². The summed E-state index contributed by atoms with van der Waals surface area (Å²) in [7, 11) is -1.34. The Labute approximate surface area is 368 Å². The molecule has 4 aromatic heterocycles. The minimum Gasteiger partial charge on any atom is -0.486 e. The Morgan fingerprint density at radius 1 is 0.814 bits per heavy atom. The van der Waals surface area contributed by atoms with Crippen molar-refractivity contribution >= 4 is 46.4 Å². The molecule has 0 aliphatic rings. The van der Waals surface area contributed by atoms with Crippen LogP contribution in [0.1, 0.15) is 62.8 Å². The molecule has 0 bridgehead atoms. The van der Waals surface area contributed by atoms with Crippen LogP contribution < -0.4 is 5.19 Å². The SMILES string of the molecule is [2H]C(C)(C)c1ccc2c(n1)oc1c(-c3nc4ccccc4n3-c3ccc(C(C)(C)C)cc3-c3ccccc3)[c-]ccc12.[2H]C([2H])([2H])c1c[c-]c(-c2ccc([Si](C)(C)C)cn2)cc1.[Ir]. The number of pyridine rings is 2. The summed E-state index contributed by atoms with van der Waals surface area (Å²) in [6, 6.07) is 48.8. The zero-order valence-corrected chi connectivity index (χ0v) is 38.1. The van der Waals surface area contributed by atoms with Crippen molar-refractivity contribution in [1.82, 2.24) is 19.5 Å². The number of aromatic nitrogens is 4. The van der Waals surface area contributed by atoms with E-state index in [1.165, 1.54) is 16.8 Å². The van der Waals surface area contributed by atoms with Gasteiger partial charge in [-0.05, 0) is 69.7 Å². The van der Waals surface area contributed by atoms with Gasteiger partial charge in [-0.3, -0.25) is 4.98 Å². The summed E-state index contributed by atoms with van der Waals surface area (Å²) >= 11 is 0. The largest absolute Gasteiger partial charge is 0.486 e. The Balaban J connectivity index is 0.000000239. The number of furan rings is 1. The summed E-state index contributed by atoms with van der Waals surface area (Å²) in [5, 5.41) is 3.17. The van der Waals surface area contributed by atoms with Crippen LogP contribution in [0.3, 0.4) is 0 Å². The Hall–Kier alpha value is -5.46. The number of imidazole rings is 1. The maximum atomic E-state index is 8.47. The smallest absolute Gasteiger partial charge is 0.216 e. The predicted molar refractivity (Wildman–Crippen MR) is 245 cm³/mol. The maximum Gasteiger partial charge on any atom is 0.216 e. The molecule has 59 heavy (non-hydrogen) atoms. The minimum atomic E-state index is -2.08. The molecule has 0 atom stereocenters. The van der Waals surface area contributed by atoms with Crippen molar-refractivity contribution in [3.05, 3.63) is 163 Å². The first-order valence-corrected chi connectivity index (χ1v) is 23.2. The van der Waals surface area contributed by atoms with Crippen molar-refractivity contribution in [2.45, 2.75) is 72.4 Å². The van der Waals surface area contributed by atoms with E-state index in [2.05, 4.69) is 123 Å². The van der Waals surface area contributed by atoms with Crippen LogP contribution in [0.2, 0.25) is 19.6 Å². The van der Waals surface area contributed by atoms with Gasteiger partial charge in [0.2, 0.25) is 5.71 Å². The average Bonchev–Trinajstić information content (AvgIpc) is 3.81. The Bertz CT molecular complexity index is 2990. The molecule has 0 spiro atoms. The van der Waals surface area contributed by atoms with Gasteiger partial charge in [-0.1, -0.05) is 133 Å². The molecule has 0 unspecified atom stereocenters. The first-order valence-electron chi connectivity index (χ1n) is 21.7. The van der Waals surface area contributed by atoms with Crippen LogP contribution in [0.25, 0.3) is 72.6 Å². The Kier molecular flexibility index (Phi) is 10.3. The van der Waals surface area contributed by atoms with Crippen molar-refractivity contribution < 1.29 is 30.0 Å². The minimum absolute atomic E-state index is 0. The summed E-state index contributed by atoms with van der Waals surface area (Å²) in [4.78, 5) is 14.4. The molecule has 9 rings (SSSR count). The number of hydrogen-bond donors (Lipinski definition) is 0. The van der Waals surface area contributed by atoms with Crippen molar-refractivity contribution in [2.24, 2.45) is 0 Å². The molecule has 1 radical (unpaired) electrons. The van der Waals surface area contributed by atoms with E-state index in [1.54, 1.807) is 12.1 Å². The van der Waals surface area contributed by atoms with Crippen LogP contribution in [0.4, 0.5) is 0 Å².